The maximum Gasteiger partial charge on any atom is 0.403 e. The summed E-state index contributed by atoms with van der Waals surface area (Å²) < 4.78 is 16.3. The van der Waals surface area contributed by atoms with Gasteiger partial charge in [-0.15, -0.1) is 0 Å². The molecule has 0 aliphatic heterocycles. The summed E-state index contributed by atoms with van der Waals surface area (Å²) in [6, 6.07) is -2.98. The molecule has 0 fully saturated rings. The predicted molar refractivity (Wildman–Crippen MR) is 77.1 cm³/mol. The van der Waals surface area contributed by atoms with Crippen molar-refractivity contribution >= 4 is 31.6 Å². The van der Waals surface area contributed by atoms with Crippen molar-refractivity contribution in [3.8, 4) is 0 Å². The van der Waals surface area contributed by atoms with E-state index < -0.39 is 63.1 Å². The number of nitrogens with one attached hydrogen (secondary N) is 2. The van der Waals surface area contributed by atoms with Crippen LogP contribution in [0.4, 0.5) is 0 Å². The van der Waals surface area contributed by atoms with Crippen LogP contribution in [-0.4, -0.2) is 62.7 Å². The van der Waals surface area contributed by atoms with E-state index in [-0.39, 0.29) is 6.42 Å². The van der Waals surface area contributed by atoms with E-state index in [1.165, 1.54) is 0 Å². The number of aliphatic carboxylic acids is 3. The molecule has 24 heavy (non-hydrogen) atoms. The van der Waals surface area contributed by atoms with Crippen LogP contribution in [0.2, 0.25) is 0 Å². The average Bonchev–Trinajstić information content (AvgIpc) is 2.41. The monoisotopic (exact) mass is 370 g/mol. The number of rotatable bonds is 12. The quantitative estimate of drug-likeness (QED) is 0.230. The van der Waals surface area contributed by atoms with Crippen LogP contribution in [0, 0.1) is 0 Å². The predicted octanol–water partition coefficient (Wildman–Crippen LogP) is -1.01. The zero-order valence-corrected chi connectivity index (χ0v) is 13.6. The van der Waals surface area contributed by atoms with E-state index in [1.807, 2.05) is 0 Å². The summed E-state index contributed by atoms with van der Waals surface area (Å²) in [5.41, 5.74) is 0. The van der Waals surface area contributed by atoms with E-state index >= 15 is 0 Å². The van der Waals surface area contributed by atoms with Crippen LogP contribution in [0.1, 0.15) is 26.2 Å². The number of carbonyl (C=O) groups excluding carboxylic acids is 1. The van der Waals surface area contributed by atoms with Gasteiger partial charge in [0.2, 0.25) is 5.91 Å². The zero-order chi connectivity index (χ0) is 18.9. The molecule has 3 atom stereocenters. The molecule has 0 aromatic rings. The number of hydrogen-bond donors (Lipinski definition) is 6. The SMILES string of the molecule is CC(=O)N[C@@H](CCOP(=O)(O)N[C@@H](CCC(=O)O)C(=O)O)C(=O)O. The number of amides is 1. The highest BCUT2D eigenvalue weighted by atomic mass is 31.2. The summed E-state index contributed by atoms with van der Waals surface area (Å²) in [5.74, 6) is -4.82. The molecule has 0 aliphatic carbocycles. The van der Waals surface area contributed by atoms with Crippen molar-refractivity contribution in [2.45, 2.75) is 38.3 Å². The summed E-state index contributed by atoms with van der Waals surface area (Å²) in [6.07, 6.45) is -1.34. The molecule has 1 amide bonds. The molecule has 1 unspecified atom stereocenters. The van der Waals surface area contributed by atoms with Crippen molar-refractivity contribution in [1.82, 2.24) is 10.4 Å². The van der Waals surface area contributed by atoms with Crippen LogP contribution in [0.5, 0.6) is 0 Å². The third-order valence-corrected chi connectivity index (χ3v) is 3.78. The topological polar surface area (TPSA) is 200 Å². The molecule has 13 heteroatoms. The highest BCUT2D eigenvalue weighted by molar-refractivity contribution is 7.50. The molecule has 0 aromatic heterocycles. The van der Waals surface area contributed by atoms with Crippen LogP contribution in [0.3, 0.4) is 0 Å². The van der Waals surface area contributed by atoms with Gasteiger partial charge >= 0.3 is 25.7 Å². The normalized spacial score (nSPS) is 15.8. The highest BCUT2D eigenvalue weighted by Crippen LogP contribution is 2.38. The number of carboxylic acids is 3. The fraction of sp³-hybridized carbons (Fsp3) is 0.636. The van der Waals surface area contributed by atoms with E-state index in [9.17, 15) is 28.6 Å². The van der Waals surface area contributed by atoms with Crippen molar-refractivity contribution in [3.63, 3.8) is 0 Å². The third-order valence-electron chi connectivity index (χ3n) is 2.61. The van der Waals surface area contributed by atoms with Crippen LogP contribution < -0.4 is 10.4 Å². The van der Waals surface area contributed by atoms with E-state index in [4.69, 9.17) is 15.3 Å². The Labute approximate surface area is 136 Å². The molecule has 0 saturated heterocycles. The van der Waals surface area contributed by atoms with E-state index in [0.29, 0.717) is 0 Å². The largest absolute Gasteiger partial charge is 0.481 e. The second kappa shape index (κ2) is 9.98. The molecule has 0 heterocycles. The van der Waals surface area contributed by atoms with Crippen molar-refractivity contribution in [3.05, 3.63) is 0 Å². The lowest BCUT2D eigenvalue weighted by Gasteiger charge is -2.19. The summed E-state index contributed by atoms with van der Waals surface area (Å²) >= 11 is 0. The Bertz CT molecular complexity index is 537. The molecule has 0 radical (unpaired) electrons. The summed E-state index contributed by atoms with van der Waals surface area (Å²) in [7, 11) is -4.61. The van der Waals surface area contributed by atoms with Crippen LogP contribution in [-0.2, 0) is 28.3 Å². The maximum absolute atomic E-state index is 11.7. The molecule has 0 rings (SSSR count). The minimum absolute atomic E-state index is 0.339. The van der Waals surface area contributed by atoms with Crippen molar-refractivity contribution in [2.24, 2.45) is 0 Å². The molecule has 0 aromatic carbocycles. The lowest BCUT2D eigenvalue weighted by atomic mass is 10.2. The summed E-state index contributed by atoms with van der Waals surface area (Å²) in [4.78, 5) is 52.5. The second-order valence-electron chi connectivity index (χ2n) is 4.69. The first-order valence-electron chi connectivity index (χ1n) is 6.64. The van der Waals surface area contributed by atoms with Gasteiger partial charge in [0.1, 0.15) is 12.1 Å². The number of carbonyl (C=O) groups is 4. The summed E-state index contributed by atoms with van der Waals surface area (Å²) in [6.45, 7) is 0.526. The number of carboxylic acid groups (broad SMARTS) is 3. The smallest absolute Gasteiger partial charge is 0.403 e. The van der Waals surface area contributed by atoms with E-state index in [0.717, 1.165) is 6.92 Å². The van der Waals surface area contributed by atoms with Crippen LogP contribution in [0.25, 0.3) is 0 Å². The fourth-order valence-corrected chi connectivity index (χ4v) is 2.60. The Kier molecular flexibility index (Phi) is 9.14. The highest BCUT2D eigenvalue weighted by Gasteiger charge is 2.30. The second-order valence-corrected chi connectivity index (χ2v) is 6.24. The zero-order valence-electron chi connectivity index (χ0n) is 12.7. The van der Waals surface area contributed by atoms with Gasteiger partial charge in [-0.2, -0.15) is 0 Å². The van der Waals surface area contributed by atoms with Gasteiger partial charge in [-0.05, 0) is 6.42 Å². The minimum atomic E-state index is -4.61. The molecule has 0 bridgehead atoms. The Morgan fingerprint density at radius 3 is 2.00 bits per heavy atom. The van der Waals surface area contributed by atoms with Gasteiger partial charge in [-0.1, -0.05) is 0 Å². The van der Waals surface area contributed by atoms with Gasteiger partial charge in [0.05, 0.1) is 6.61 Å². The molecule has 0 saturated carbocycles. The van der Waals surface area contributed by atoms with E-state index in [2.05, 4.69) is 9.84 Å². The van der Waals surface area contributed by atoms with Gasteiger partial charge in [-0.25, -0.2) is 14.4 Å². The maximum atomic E-state index is 11.7. The molecule has 0 aliphatic rings. The molecule has 12 nitrogen and oxygen atoms in total. The van der Waals surface area contributed by atoms with Gasteiger partial charge in [-0.3, -0.25) is 18.9 Å². The molecule has 0 spiro atoms. The third kappa shape index (κ3) is 9.90. The van der Waals surface area contributed by atoms with Gasteiger partial charge in [0, 0.05) is 19.8 Å². The summed E-state index contributed by atoms with van der Waals surface area (Å²) in [5, 5.41) is 30.1. The van der Waals surface area contributed by atoms with Crippen molar-refractivity contribution in [2.75, 3.05) is 6.61 Å². The molecule has 6 N–H and O–H groups in total. The average molecular weight is 370 g/mol. The standard InChI is InChI=1S/C11H19N2O10P/c1-6(14)12-7(10(17)18)4-5-23-24(21,22)13-8(11(19)20)2-3-9(15)16/h7-8H,2-5H2,1H3,(H,12,14)(H,15,16)(H,17,18)(H,19,20)(H2,13,21,22)/t7-,8-/m0/s1. The Morgan fingerprint density at radius 1 is 1.04 bits per heavy atom. The minimum Gasteiger partial charge on any atom is -0.481 e. The Balaban J connectivity index is 4.57. The lowest BCUT2D eigenvalue weighted by Crippen LogP contribution is -2.40. The van der Waals surface area contributed by atoms with Gasteiger partial charge in [0.25, 0.3) is 0 Å². The molecule has 138 valence electrons. The van der Waals surface area contributed by atoms with Crippen LogP contribution in [0.15, 0.2) is 0 Å². The first-order valence-corrected chi connectivity index (χ1v) is 8.22. The molecular weight excluding hydrogens is 351 g/mol. The van der Waals surface area contributed by atoms with Crippen molar-refractivity contribution in [1.29, 1.82) is 0 Å². The Morgan fingerprint density at radius 2 is 1.58 bits per heavy atom. The van der Waals surface area contributed by atoms with Gasteiger partial charge in [0.15, 0.2) is 0 Å². The fourth-order valence-electron chi connectivity index (χ4n) is 1.54. The first-order chi connectivity index (χ1) is 10.9. The van der Waals surface area contributed by atoms with E-state index in [1.54, 1.807) is 5.09 Å². The molecular formula is C11H19N2O10P. The van der Waals surface area contributed by atoms with Gasteiger partial charge < -0.3 is 25.5 Å². The van der Waals surface area contributed by atoms with Crippen LogP contribution >= 0.6 is 7.75 Å². The lowest BCUT2D eigenvalue weighted by molar-refractivity contribution is -0.142. The number of hydrogen-bond acceptors (Lipinski definition) is 6. The Hall–Kier alpha value is -2.01. The first kappa shape index (κ1) is 22.0. The van der Waals surface area contributed by atoms with Crippen molar-refractivity contribution < 1.29 is 48.5 Å².